The molecule has 0 aliphatic heterocycles. The zero-order chi connectivity index (χ0) is 21.2. The van der Waals surface area contributed by atoms with Crippen LogP contribution in [0.1, 0.15) is 15.9 Å². The van der Waals surface area contributed by atoms with Crippen molar-refractivity contribution >= 4 is 27.1 Å². The van der Waals surface area contributed by atoms with Crippen LogP contribution in [0.4, 0.5) is 11.4 Å². The molecule has 1 aromatic heterocycles. The van der Waals surface area contributed by atoms with Crippen molar-refractivity contribution in [2.24, 2.45) is 0 Å². The van der Waals surface area contributed by atoms with Crippen LogP contribution in [-0.2, 0) is 9.84 Å². The second-order valence-corrected chi connectivity index (χ2v) is 8.28. The van der Waals surface area contributed by atoms with Gasteiger partial charge < -0.3 is 5.32 Å². The van der Waals surface area contributed by atoms with E-state index >= 15 is 0 Å². The number of amides is 1. The highest BCUT2D eigenvalue weighted by Crippen LogP contribution is 2.23. The fourth-order valence-corrected chi connectivity index (χ4v) is 3.08. The third kappa shape index (κ3) is 4.61. The number of anilines is 1. The molecule has 29 heavy (non-hydrogen) atoms. The van der Waals surface area contributed by atoms with Gasteiger partial charge in [-0.25, -0.2) is 8.42 Å². The molecule has 1 N–H and O–H groups in total. The summed E-state index contributed by atoms with van der Waals surface area (Å²) in [5.74, 6) is -0.497. The highest BCUT2D eigenvalue weighted by atomic mass is 32.2. The summed E-state index contributed by atoms with van der Waals surface area (Å²) in [4.78, 5) is 23.0. The van der Waals surface area contributed by atoms with E-state index in [2.05, 4.69) is 15.5 Å². The minimum absolute atomic E-state index is 0.132. The van der Waals surface area contributed by atoms with Crippen molar-refractivity contribution in [1.29, 1.82) is 0 Å². The number of aryl methyl sites for hydroxylation is 1. The first-order valence-corrected chi connectivity index (χ1v) is 10.2. The Morgan fingerprint density at radius 1 is 1.07 bits per heavy atom. The first-order chi connectivity index (χ1) is 13.6. The number of benzene rings is 2. The molecule has 0 aliphatic rings. The summed E-state index contributed by atoms with van der Waals surface area (Å²) in [5, 5.41) is 21.2. The lowest BCUT2D eigenvalue weighted by molar-refractivity contribution is -0.385. The van der Waals surface area contributed by atoms with Gasteiger partial charge in [0.1, 0.15) is 0 Å². The van der Waals surface area contributed by atoms with Gasteiger partial charge in [0.15, 0.2) is 14.9 Å². The number of nitro groups is 1. The number of rotatable bonds is 5. The molecule has 1 heterocycles. The smallest absolute Gasteiger partial charge is 0.273 e. The molecule has 148 valence electrons. The van der Waals surface area contributed by atoms with E-state index in [0.717, 1.165) is 6.26 Å². The standard InChI is InChI=1S/C19H16N4O5S/c1-12-6-7-14(11-17(12)23(25)26)19(24)20-15-5-3-4-13(10-15)16-8-9-18(22-21-16)29(2,27)28/h3-11H,1-2H3,(H,20,24). The van der Waals surface area contributed by atoms with E-state index in [1.807, 2.05) is 0 Å². The molecule has 0 saturated carbocycles. The highest BCUT2D eigenvalue weighted by molar-refractivity contribution is 7.90. The molecular formula is C19H16N4O5S. The molecule has 1 amide bonds. The Morgan fingerprint density at radius 2 is 1.83 bits per heavy atom. The maximum absolute atomic E-state index is 12.5. The molecule has 3 aromatic rings. The topological polar surface area (TPSA) is 132 Å². The maximum Gasteiger partial charge on any atom is 0.273 e. The number of aromatic nitrogens is 2. The average Bonchev–Trinajstić information content (AvgIpc) is 2.67. The number of carbonyl (C=O) groups excluding carboxylic acids is 1. The lowest BCUT2D eigenvalue weighted by Gasteiger charge is -2.08. The van der Waals surface area contributed by atoms with E-state index in [1.165, 1.54) is 30.3 Å². The zero-order valence-corrected chi connectivity index (χ0v) is 16.3. The summed E-state index contributed by atoms with van der Waals surface area (Å²) in [6.07, 6.45) is 1.04. The Kier molecular flexibility index (Phi) is 5.37. The van der Waals surface area contributed by atoms with Crippen LogP contribution in [0.15, 0.2) is 59.6 Å². The van der Waals surface area contributed by atoms with Gasteiger partial charge in [0.05, 0.1) is 10.6 Å². The number of carbonyl (C=O) groups is 1. The normalized spacial score (nSPS) is 11.1. The van der Waals surface area contributed by atoms with E-state index in [1.54, 1.807) is 31.2 Å². The van der Waals surface area contributed by atoms with Crippen molar-refractivity contribution in [3.8, 4) is 11.3 Å². The summed E-state index contributed by atoms with van der Waals surface area (Å²) in [7, 11) is -3.45. The molecule has 9 nitrogen and oxygen atoms in total. The van der Waals surface area contributed by atoms with Gasteiger partial charge in [-0.2, -0.15) is 0 Å². The minimum Gasteiger partial charge on any atom is -0.322 e. The van der Waals surface area contributed by atoms with Crippen molar-refractivity contribution in [3.63, 3.8) is 0 Å². The van der Waals surface area contributed by atoms with Gasteiger partial charge >= 0.3 is 0 Å². The van der Waals surface area contributed by atoms with Crippen LogP contribution in [-0.4, -0.2) is 35.7 Å². The van der Waals surface area contributed by atoms with E-state index < -0.39 is 20.7 Å². The number of nitro benzene ring substituents is 1. The van der Waals surface area contributed by atoms with Gasteiger partial charge in [0.25, 0.3) is 11.6 Å². The molecule has 0 radical (unpaired) electrons. The monoisotopic (exact) mass is 412 g/mol. The number of hydrogen-bond acceptors (Lipinski definition) is 7. The lowest BCUT2D eigenvalue weighted by Crippen LogP contribution is -2.12. The van der Waals surface area contributed by atoms with Crippen LogP contribution in [0.5, 0.6) is 0 Å². The first kappa shape index (κ1) is 20.1. The predicted molar refractivity (Wildman–Crippen MR) is 106 cm³/mol. The second-order valence-electron chi connectivity index (χ2n) is 6.32. The van der Waals surface area contributed by atoms with Crippen molar-refractivity contribution < 1.29 is 18.1 Å². The molecule has 3 rings (SSSR count). The molecule has 10 heteroatoms. The van der Waals surface area contributed by atoms with E-state index in [0.29, 0.717) is 22.5 Å². The third-order valence-electron chi connectivity index (χ3n) is 4.10. The number of nitrogens with one attached hydrogen (secondary N) is 1. The van der Waals surface area contributed by atoms with Crippen LogP contribution in [0, 0.1) is 17.0 Å². The minimum atomic E-state index is -3.45. The largest absolute Gasteiger partial charge is 0.322 e. The van der Waals surface area contributed by atoms with Crippen LogP contribution >= 0.6 is 0 Å². The van der Waals surface area contributed by atoms with Crippen molar-refractivity contribution in [2.45, 2.75) is 11.9 Å². The van der Waals surface area contributed by atoms with Gasteiger partial charge in [-0.05, 0) is 37.3 Å². The van der Waals surface area contributed by atoms with Crippen LogP contribution < -0.4 is 5.32 Å². The van der Waals surface area contributed by atoms with Gasteiger partial charge in [-0.3, -0.25) is 14.9 Å². The van der Waals surface area contributed by atoms with Gasteiger partial charge in [-0.15, -0.1) is 10.2 Å². The first-order valence-electron chi connectivity index (χ1n) is 8.36. The molecule has 0 aliphatic carbocycles. The summed E-state index contributed by atoms with van der Waals surface area (Å²) in [6.45, 7) is 1.60. The Labute approximate surface area is 166 Å². The fraction of sp³-hybridized carbons (Fsp3) is 0.105. The van der Waals surface area contributed by atoms with Crippen molar-refractivity contribution in [3.05, 3.63) is 75.8 Å². The lowest BCUT2D eigenvalue weighted by atomic mass is 10.1. The Hall–Kier alpha value is -3.66. The van der Waals surface area contributed by atoms with Crippen LogP contribution in [0.25, 0.3) is 11.3 Å². The third-order valence-corrected chi connectivity index (χ3v) is 5.08. The average molecular weight is 412 g/mol. The van der Waals surface area contributed by atoms with E-state index in [4.69, 9.17) is 0 Å². The molecule has 0 spiro atoms. The Morgan fingerprint density at radius 3 is 2.45 bits per heavy atom. The van der Waals surface area contributed by atoms with Gasteiger partial charge in [-0.1, -0.05) is 18.2 Å². The van der Waals surface area contributed by atoms with Gasteiger partial charge in [0, 0.05) is 34.7 Å². The van der Waals surface area contributed by atoms with Crippen molar-refractivity contribution in [1.82, 2.24) is 10.2 Å². The molecule has 0 unspecified atom stereocenters. The highest BCUT2D eigenvalue weighted by Gasteiger charge is 2.15. The Balaban J connectivity index is 1.84. The molecule has 0 bridgehead atoms. The molecule has 0 atom stereocenters. The fourth-order valence-electron chi connectivity index (χ4n) is 2.58. The van der Waals surface area contributed by atoms with Gasteiger partial charge in [0.2, 0.25) is 0 Å². The second kappa shape index (κ2) is 7.76. The quantitative estimate of drug-likeness (QED) is 0.503. The number of sulfone groups is 1. The molecule has 0 saturated heterocycles. The van der Waals surface area contributed by atoms with E-state index in [-0.39, 0.29) is 16.3 Å². The SMILES string of the molecule is Cc1ccc(C(=O)Nc2cccc(-c3ccc(S(C)(=O)=O)nn3)c2)cc1[N+](=O)[O-]. The summed E-state index contributed by atoms with van der Waals surface area (Å²) in [5.41, 5.74) is 1.98. The van der Waals surface area contributed by atoms with Crippen LogP contribution in [0.2, 0.25) is 0 Å². The summed E-state index contributed by atoms with van der Waals surface area (Å²) < 4.78 is 23.0. The maximum atomic E-state index is 12.5. The molecular weight excluding hydrogens is 396 g/mol. The zero-order valence-electron chi connectivity index (χ0n) is 15.5. The van der Waals surface area contributed by atoms with Crippen LogP contribution in [0.3, 0.4) is 0 Å². The molecule has 2 aromatic carbocycles. The predicted octanol–water partition coefficient (Wildman–Crippen LogP) is 3.02. The number of hydrogen-bond donors (Lipinski definition) is 1. The number of nitrogens with zero attached hydrogens (tertiary/aromatic N) is 3. The Bertz CT molecular complexity index is 1210. The van der Waals surface area contributed by atoms with Crippen molar-refractivity contribution in [2.75, 3.05) is 11.6 Å². The summed E-state index contributed by atoms with van der Waals surface area (Å²) in [6, 6.07) is 13.9. The van der Waals surface area contributed by atoms with E-state index in [9.17, 15) is 23.3 Å². The molecule has 0 fully saturated rings. The summed E-state index contributed by atoms with van der Waals surface area (Å²) >= 11 is 0.